The molecule has 42 heavy (non-hydrogen) atoms. The van der Waals surface area contributed by atoms with Gasteiger partial charge >= 0.3 is 0 Å². The minimum Gasteiger partial charge on any atom is -0.309 e. The maximum absolute atomic E-state index is 9.91. The van der Waals surface area contributed by atoms with Gasteiger partial charge in [-0.3, -0.25) is 0 Å². The standard InChI is InChI=1S/C38H21N3S/c39-22-27-9-6-10-28(23-40)36(27)26-15-18-32-31(21-26)37-33(19-20-35-38(37)30-11-4-5-12-34(30)42-35)41(32)29-16-13-25(14-17-29)24-7-2-1-3-8-24/h1-21H. The number of hydrogen-bond acceptors (Lipinski definition) is 3. The molecule has 0 saturated heterocycles. The summed E-state index contributed by atoms with van der Waals surface area (Å²) >= 11 is 1.81. The molecule has 0 aliphatic rings. The van der Waals surface area contributed by atoms with Gasteiger partial charge in [0, 0.05) is 42.2 Å². The average molecular weight is 552 g/mol. The molecular formula is C38H21N3S. The van der Waals surface area contributed by atoms with E-state index in [-0.39, 0.29) is 0 Å². The predicted molar refractivity (Wildman–Crippen MR) is 174 cm³/mol. The van der Waals surface area contributed by atoms with Gasteiger partial charge in [-0.05, 0) is 71.3 Å². The first-order valence-electron chi connectivity index (χ1n) is 13.7. The molecule has 0 amide bonds. The minimum atomic E-state index is 0.500. The molecule has 2 heterocycles. The molecule has 0 spiro atoms. The van der Waals surface area contributed by atoms with Crippen LogP contribution in [0.25, 0.3) is 69.9 Å². The van der Waals surface area contributed by atoms with Crippen molar-refractivity contribution in [1.82, 2.24) is 4.57 Å². The predicted octanol–water partition coefficient (Wildman–Crippen LogP) is 10.2. The zero-order valence-corrected chi connectivity index (χ0v) is 23.2. The Morgan fingerprint density at radius 1 is 0.500 bits per heavy atom. The largest absolute Gasteiger partial charge is 0.309 e. The third-order valence-electron chi connectivity index (χ3n) is 8.10. The summed E-state index contributed by atoms with van der Waals surface area (Å²) < 4.78 is 4.82. The van der Waals surface area contributed by atoms with Crippen LogP contribution in [0.3, 0.4) is 0 Å². The molecule has 8 aromatic rings. The Balaban J connectivity index is 1.47. The van der Waals surface area contributed by atoms with Crippen molar-refractivity contribution < 1.29 is 0 Å². The minimum absolute atomic E-state index is 0.500. The van der Waals surface area contributed by atoms with Gasteiger partial charge in [-0.15, -0.1) is 11.3 Å². The lowest BCUT2D eigenvalue weighted by molar-refractivity contribution is 1.18. The van der Waals surface area contributed by atoms with Crippen molar-refractivity contribution in [1.29, 1.82) is 10.5 Å². The van der Waals surface area contributed by atoms with Gasteiger partial charge in [-0.25, -0.2) is 0 Å². The van der Waals surface area contributed by atoms with Crippen LogP contribution in [-0.4, -0.2) is 4.57 Å². The molecule has 0 bridgehead atoms. The summed E-state index contributed by atoms with van der Waals surface area (Å²) in [5.41, 5.74) is 8.19. The third-order valence-corrected chi connectivity index (χ3v) is 9.23. The normalized spacial score (nSPS) is 11.3. The quantitative estimate of drug-likeness (QED) is 0.219. The molecule has 8 rings (SSSR count). The molecule has 0 N–H and O–H groups in total. The summed E-state index contributed by atoms with van der Waals surface area (Å²) in [7, 11) is 0. The Hall–Kier alpha value is -5.68. The summed E-state index contributed by atoms with van der Waals surface area (Å²) in [5, 5.41) is 24.6. The summed E-state index contributed by atoms with van der Waals surface area (Å²) in [4.78, 5) is 0. The zero-order chi connectivity index (χ0) is 28.2. The molecule has 0 unspecified atom stereocenters. The highest BCUT2D eigenvalue weighted by molar-refractivity contribution is 7.26. The summed E-state index contributed by atoms with van der Waals surface area (Å²) in [6.07, 6.45) is 0. The Labute approximate surface area is 246 Å². The molecule has 0 aliphatic heterocycles. The maximum atomic E-state index is 9.91. The number of fused-ring (bicyclic) bond motifs is 7. The van der Waals surface area contributed by atoms with Crippen molar-refractivity contribution in [2.75, 3.05) is 0 Å². The molecule has 0 radical (unpaired) electrons. The number of hydrogen-bond donors (Lipinski definition) is 0. The molecule has 0 atom stereocenters. The van der Waals surface area contributed by atoms with Crippen LogP contribution in [0.4, 0.5) is 0 Å². The monoisotopic (exact) mass is 551 g/mol. The van der Waals surface area contributed by atoms with Crippen LogP contribution >= 0.6 is 11.3 Å². The molecular weight excluding hydrogens is 531 g/mol. The Kier molecular flexibility index (Phi) is 5.44. The molecule has 0 saturated carbocycles. The van der Waals surface area contributed by atoms with Gasteiger partial charge < -0.3 is 4.57 Å². The van der Waals surface area contributed by atoms with E-state index in [9.17, 15) is 10.5 Å². The molecule has 2 aromatic heterocycles. The number of aromatic nitrogens is 1. The van der Waals surface area contributed by atoms with Gasteiger partial charge in [0.1, 0.15) is 0 Å². The summed E-state index contributed by atoms with van der Waals surface area (Å²) in [6.45, 7) is 0. The smallest absolute Gasteiger partial charge is 0.0998 e. The van der Waals surface area contributed by atoms with Crippen LogP contribution in [-0.2, 0) is 0 Å². The molecule has 3 nitrogen and oxygen atoms in total. The molecule has 4 heteroatoms. The van der Waals surface area contributed by atoms with E-state index in [1.54, 1.807) is 18.2 Å². The summed E-state index contributed by atoms with van der Waals surface area (Å²) in [5.74, 6) is 0. The van der Waals surface area contributed by atoms with Crippen molar-refractivity contribution in [3.63, 3.8) is 0 Å². The van der Waals surface area contributed by atoms with Crippen LogP contribution < -0.4 is 0 Å². The third kappa shape index (κ3) is 3.57. The second-order valence-electron chi connectivity index (χ2n) is 10.4. The summed E-state index contributed by atoms with van der Waals surface area (Å²) in [6, 6.07) is 48.4. The van der Waals surface area contributed by atoms with E-state index in [4.69, 9.17) is 0 Å². The average Bonchev–Trinajstić information content (AvgIpc) is 3.60. The van der Waals surface area contributed by atoms with Crippen molar-refractivity contribution >= 4 is 53.3 Å². The molecule has 0 aliphatic carbocycles. The van der Waals surface area contributed by atoms with Gasteiger partial charge in [0.05, 0.1) is 34.3 Å². The highest BCUT2D eigenvalue weighted by Gasteiger charge is 2.20. The molecule has 194 valence electrons. The van der Waals surface area contributed by atoms with E-state index >= 15 is 0 Å². The fourth-order valence-corrected chi connectivity index (χ4v) is 7.36. The van der Waals surface area contributed by atoms with Crippen LogP contribution in [0.15, 0.2) is 127 Å². The van der Waals surface area contributed by atoms with Gasteiger partial charge in [-0.2, -0.15) is 10.5 Å². The van der Waals surface area contributed by atoms with E-state index in [2.05, 4.69) is 114 Å². The number of rotatable bonds is 3. The number of nitriles is 2. The fraction of sp³-hybridized carbons (Fsp3) is 0. The van der Waals surface area contributed by atoms with E-state index in [0.29, 0.717) is 16.7 Å². The van der Waals surface area contributed by atoms with Crippen LogP contribution in [0.1, 0.15) is 11.1 Å². The molecule has 0 fully saturated rings. The van der Waals surface area contributed by atoms with E-state index < -0.39 is 0 Å². The van der Waals surface area contributed by atoms with E-state index in [0.717, 1.165) is 27.7 Å². The first-order valence-corrected chi connectivity index (χ1v) is 14.5. The first kappa shape index (κ1) is 24.1. The van der Waals surface area contributed by atoms with Crippen molar-refractivity contribution in [2.45, 2.75) is 0 Å². The van der Waals surface area contributed by atoms with Crippen LogP contribution in [0.5, 0.6) is 0 Å². The lowest BCUT2D eigenvalue weighted by Crippen LogP contribution is -1.94. The number of nitrogens with zero attached hydrogens (tertiary/aromatic N) is 3. The van der Waals surface area contributed by atoms with Crippen molar-refractivity contribution in [3.8, 4) is 40.1 Å². The van der Waals surface area contributed by atoms with E-state index in [1.807, 2.05) is 23.5 Å². The highest BCUT2D eigenvalue weighted by Crippen LogP contribution is 2.44. The SMILES string of the molecule is N#Cc1cccc(C#N)c1-c1ccc2c(c1)c1c3c(ccc1n2-c1ccc(-c2ccccc2)cc1)sc1ccccc13. The first-order chi connectivity index (χ1) is 20.7. The number of benzene rings is 6. The molecule has 6 aromatic carbocycles. The maximum Gasteiger partial charge on any atom is 0.0998 e. The van der Waals surface area contributed by atoms with Gasteiger partial charge in [0.25, 0.3) is 0 Å². The zero-order valence-electron chi connectivity index (χ0n) is 22.4. The topological polar surface area (TPSA) is 52.5 Å². The number of thiophene rings is 1. The van der Waals surface area contributed by atoms with Gasteiger partial charge in [0.2, 0.25) is 0 Å². The second kappa shape index (κ2) is 9.46. The highest BCUT2D eigenvalue weighted by atomic mass is 32.1. The lowest BCUT2D eigenvalue weighted by atomic mass is 9.94. The van der Waals surface area contributed by atoms with Crippen molar-refractivity contribution in [2.24, 2.45) is 0 Å². The van der Waals surface area contributed by atoms with Gasteiger partial charge in [0.15, 0.2) is 0 Å². The van der Waals surface area contributed by atoms with Gasteiger partial charge in [-0.1, -0.05) is 72.8 Å². The van der Waals surface area contributed by atoms with E-state index in [1.165, 1.54) is 36.7 Å². The van der Waals surface area contributed by atoms with Crippen LogP contribution in [0.2, 0.25) is 0 Å². The Morgan fingerprint density at radius 3 is 1.93 bits per heavy atom. The van der Waals surface area contributed by atoms with Crippen molar-refractivity contribution in [3.05, 3.63) is 139 Å². The van der Waals surface area contributed by atoms with Crippen LogP contribution in [0, 0.1) is 22.7 Å². The Bertz CT molecular complexity index is 2380. The Morgan fingerprint density at radius 2 is 1.17 bits per heavy atom. The second-order valence-corrected chi connectivity index (χ2v) is 11.4. The lowest BCUT2D eigenvalue weighted by Gasteiger charge is -2.10. The fourth-order valence-electron chi connectivity index (χ4n) is 6.24.